The molecule has 0 unspecified atom stereocenters. The van der Waals surface area contributed by atoms with Gasteiger partial charge in [0.2, 0.25) is 0 Å². The Balaban J connectivity index is 2.00. The fourth-order valence-corrected chi connectivity index (χ4v) is 2.48. The second-order valence-corrected chi connectivity index (χ2v) is 5.79. The van der Waals surface area contributed by atoms with Crippen molar-refractivity contribution < 1.29 is 18.8 Å². The molecule has 8 heteroatoms. The van der Waals surface area contributed by atoms with E-state index in [1.807, 2.05) is 0 Å². The molecule has 1 fully saturated rings. The zero-order valence-electron chi connectivity index (χ0n) is 11.4. The molecule has 1 aliphatic heterocycles. The molecule has 116 valence electrons. The SMILES string of the molecule is O=C1NC(=O)N(c2ccc(Cl)cc2)C(=O)/C1=C/c1ccc(Br)o1. The molecule has 0 aliphatic carbocycles. The van der Waals surface area contributed by atoms with Gasteiger partial charge in [-0.1, -0.05) is 11.6 Å². The highest BCUT2D eigenvalue weighted by Gasteiger charge is 2.36. The normalized spacial score (nSPS) is 16.9. The maximum Gasteiger partial charge on any atom is 0.335 e. The van der Waals surface area contributed by atoms with E-state index in [-0.39, 0.29) is 5.57 Å². The van der Waals surface area contributed by atoms with Crippen molar-refractivity contribution in [1.29, 1.82) is 0 Å². The van der Waals surface area contributed by atoms with Crippen LogP contribution in [0.2, 0.25) is 5.02 Å². The zero-order chi connectivity index (χ0) is 16.6. The Morgan fingerprint density at radius 2 is 1.78 bits per heavy atom. The van der Waals surface area contributed by atoms with Gasteiger partial charge in [-0.15, -0.1) is 0 Å². The molecule has 2 heterocycles. The van der Waals surface area contributed by atoms with Crippen LogP contribution >= 0.6 is 27.5 Å². The molecule has 23 heavy (non-hydrogen) atoms. The number of nitrogens with one attached hydrogen (secondary N) is 1. The number of halogens is 2. The second kappa shape index (κ2) is 6.02. The number of carbonyl (C=O) groups excluding carboxylic acids is 3. The fraction of sp³-hybridized carbons (Fsp3) is 0. The topological polar surface area (TPSA) is 79.6 Å². The highest BCUT2D eigenvalue weighted by Crippen LogP contribution is 2.24. The van der Waals surface area contributed by atoms with E-state index in [1.165, 1.54) is 18.2 Å². The van der Waals surface area contributed by atoms with Gasteiger partial charge in [0.15, 0.2) is 4.67 Å². The quantitative estimate of drug-likeness (QED) is 0.624. The van der Waals surface area contributed by atoms with Gasteiger partial charge in [0, 0.05) is 5.02 Å². The van der Waals surface area contributed by atoms with Crippen LogP contribution in [-0.2, 0) is 9.59 Å². The van der Waals surface area contributed by atoms with Gasteiger partial charge in [0.05, 0.1) is 5.69 Å². The molecule has 1 aliphatic rings. The number of carbonyl (C=O) groups is 3. The number of amides is 4. The average molecular weight is 396 g/mol. The van der Waals surface area contributed by atoms with Crippen molar-refractivity contribution in [2.24, 2.45) is 0 Å². The standard InChI is InChI=1S/C15H8BrClN2O4/c16-12-6-5-10(23-12)7-11-13(20)18-15(22)19(14(11)21)9-3-1-8(17)2-4-9/h1-7H,(H,18,20,22)/b11-7+. The molecule has 0 atom stereocenters. The number of rotatable bonds is 2. The molecule has 1 saturated heterocycles. The van der Waals surface area contributed by atoms with Crippen LogP contribution in [0.15, 0.2) is 51.1 Å². The summed E-state index contributed by atoms with van der Waals surface area (Å²) in [6.07, 6.45) is 1.28. The summed E-state index contributed by atoms with van der Waals surface area (Å²) in [5.41, 5.74) is 0.0947. The van der Waals surface area contributed by atoms with E-state index in [9.17, 15) is 14.4 Å². The molecule has 4 amide bonds. The monoisotopic (exact) mass is 394 g/mol. The van der Waals surface area contributed by atoms with Crippen LogP contribution in [0.25, 0.3) is 6.08 Å². The Morgan fingerprint density at radius 1 is 1.09 bits per heavy atom. The summed E-state index contributed by atoms with van der Waals surface area (Å²) in [5.74, 6) is -1.22. The molecule has 6 nitrogen and oxygen atoms in total. The Morgan fingerprint density at radius 3 is 2.39 bits per heavy atom. The van der Waals surface area contributed by atoms with Gasteiger partial charge in [-0.2, -0.15) is 0 Å². The van der Waals surface area contributed by atoms with E-state index in [0.29, 0.717) is 21.1 Å². The summed E-state index contributed by atoms with van der Waals surface area (Å²) >= 11 is 8.93. The number of hydrogen-bond acceptors (Lipinski definition) is 4. The van der Waals surface area contributed by atoms with E-state index in [2.05, 4.69) is 21.2 Å². The first-order chi connectivity index (χ1) is 11.0. The second-order valence-electron chi connectivity index (χ2n) is 4.58. The van der Waals surface area contributed by atoms with Gasteiger partial charge in [-0.3, -0.25) is 14.9 Å². The first kappa shape index (κ1) is 15.5. The summed E-state index contributed by atoms with van der Waals surface area (Å²) in [6, 6.07) is 8.50. The Kier molecular flexibility index (Phi) is 4.06. The first-order valence-corrected chi connectivity index (χ1v) is 7.55. The summed E-state index contributed by atoms with van der Waals surface area (Å²) in [5, 5.41) is 2.59. The van der Waals surface area contributed by atoms with E-state index >= 15 is 0 Å². The Bertz CT molecular complexity index is 841. The van der Waals surface area contributed by atoms with Crippen molar-refractivity contribution in [3.8, 4) is 0 Å². The van der Waals surface area contributed by atoms with Gasteiger partial charge in [0.25, 0.3) is 11.8 Å². The van der Waals surface area contributed by atoms with Crippen LogP contribution < -0.4 is 10.2 Å². The number of urea groups is 1. The number of barbiturate groups is 1. The lowest BCUT2D eigenvalue weighted by Crippen LogP contribution is -2.54. The molecule has 1 N–H and O–H groups in total. The highest BCUT2D eigenvalue weighted by atomic mass is 79.9. The summed E-state index contributed by atoms with van der Waals surface area (Å²) in [7, 11) is 0. The summed E-state index contributed by atoms with van der Waals surface area (Å²) in [6.45, 7) is 0. The maximum atomic E-state index is 12.5. The van der Waals surface area contributed by atoms with Crippen LogP contribution in [0.3, 0.4) is 0 Å². The third-order valence-electron chi connectivity index (χ3n) is 3.07. The number of hydrogen-bond donors (Lipinski definition) is 1. The fourth-order valence-electron chi connectivity index (χ4n) is 2.03. The molecular formula is C15H8BrClN2O4. The summed E-state index contributed by atoms with van der Waals surface area (Å²) in [4.78, 5) is 37.3. The third kappa shape index (κ3) is 3.06. The first-order valence-electron chi connectivity index (χ1n) is 6.38. The van der Waals surface area contributed by atoms with Gasteiger partial charge in [-0.05, 0) is 58.4 Å². The lowest BCUT2D eigenvalue weighted by Gasteiger charge is -2.26. The minimum Gasteiger partial charge on any atom is -0.450 e. The Labute approximate surface area is 143 Å². The molecule has 0 saturated carbocycles. The molecule has 0 spiro atoms. The van der Waals surface area contributed by atoms with E-state index in [1.54, 1.807) is 24.3 Å². The lowest BCUT2D eigenvalue weighted by atomic mass is 10.1. The zero-order valence-corrected chi connectivity index (χ0v) is 13.7. The minimum absolute atomic E-state index is 0.207. The number of nitrogens with zero attached hydrogens (tertiary/aromatic N) is 1. The van der Waals surface area contributed by atoms with Crippen molar-refractivity contribution in [3.05, 3.63) is 57.4 Å². The lowest BCUT2D eigenvalue weighted by molar-refractivity contribution is -0.122. The van der Waals surface area contributed by atoms with E-state index in [0.717, 1.165) is 4.90 Å². The predicted octanol–water partition coefficient (Wildman–Crippen LogP) is 3.36. The number of imide groups is 2. The van der Waals surface area contributed by atoms with Crippen molar-refractivity contribution >= 4 is 57.1 Å². The van der Waals surface area contributed by atoms with Gasteiger partial charge in [-0.25, -0.2) is 9.69 Å². The van der Waals surface area contributed by atoms with Crippen LogP contribution in [0.5, 0.6) is 0 Å². The van der Waals surface area contributed by atoms with Crippen LogP contribution in [0, 0.1) is 0 Å². The largest absolute Gasteiger partial charge is 0.450 e. The molecule has 2 aromatic rings. The van der Waals surface area contributed by atoms with Crippen molar-refractivity contribution in [1.82, 2.24) is 5.32 Å². The molecule has 3 rings (SSSR count). The molecule has 1 aromatic heterocycles. The van der Waals surface area contributed by atoms with Gasteiger partial charge < -0.3 is 4.42 Å². The van der Waals surface area contributed by atoms with Crippen LogP contribution in [0.4, 0.5) is 10.5 Å². The van der Waals surface area contributed by atoms with E-state index in [4.69, 9.17) is 16.0 Å². The minimum atomic E-state index is -0.819. The Hall–Kier alpha value is -2.38. The summed E-state index contributed by atoms with van der Waals surface area (Å²) < 4.78 is 5.71. The van der Waals surface area contributed by atoms with Crippen molar-refractivity contribution in [2.75, 3.05) is 4.90 Å². The highest BCUT2D eigenvalue weighted by molar-refractivity contribution is 9.10. The van der Waals surface area contributed by atoms with Crippen LogP contribution in [-0.4, -0.2) is 17.8 Å². The smallest absolute Gasteiger partial charge is 0.335 e. The van der Waals surface area contributed by atoms with Gasteiger partial charge in [0.1, 0.15) is 11.3 Å². The van der Waals surface area contributed by atoms with Gasteiger partial charge >= 0.3 is 6.03 Å². The molecule has 1 aromatic carbocycles. The third-order valence-corrected chi connectivity index (χ3v) is 3.75. The number of benzene rings is 1. The predicted molar refractivity (Wildman–Crippen MR) is 86.9 cm³/mol. The maximum absolute atomic E-state index is 12.5. The van der Waals surface area contributed by atoms with Crippen molar-refractivity contribution in [3.63, 3.8) is 0 Å². The number of furan rings is 1. The molecular weight excluding hydrogens is 388 g/mol. The van der Waals surface area contributed by atoms with Crippen molar-refractivity contribution in [2.45, 2.75) is 0 Å². The molecule has 0 radical (unpaired) electrons. The van der Waals surface area contributed by atoms with E-state index < -0.39 is 17.8 Å². The average Bonchev–Trinajstić information content (AvgIpc) is 2.91. The number of anilines is 1. The molecule has 0 bridgehead atoms. The van der Waals surface area contributed by atoms with Crippen LogP contribution in [0.1, 0.15) is 5.76 Å².